The lowest BCUT2D eigenvalue weighted by Gasteiger charge is -2.28. The van der Waals surface area contributed by atoms with Crippen LogP contribution < -0.4 is 0 Å². The Labute approximate surface area is 131 Å². The van der Waals surface area contributed by atoms with Crippen LogP contribution in [0.3, 0.4) is 0 Å². The fraction of sp³-hybridized carbons (Fsp3) is 0.444. The summed E-state index contributed by atoms with van der Waals surface area (Å²) in [4.78, 5) is 4.01. The maximum Gasteiger partial charge on any atom is 0.192 e. The number of hydrogen-bond acceptors (Lipinski definition) is 1. The summed E-state index contributed by atoms with van der Waals surface area (Å²) < 4.78 is -1.81. The highest BCUT2D eigenvalue weighted by Crippen LogP contribution is 2.46. The van der Waals surface area contributed by atoms with Crippen molar-refractivity contribution in [2.75, 3.05) is 5.33 Å². The van der Waals surface area contributed by atoms with Crippen LogP contribution >= 0.6 is 78.3 Å². The molecule has 0 saturated carbocycles. The minimum atomic E-state index is -1.34. The molecule has 16 heavy (non-hydrogen) atoms. The summed E-state index contributed by atoms with van der Waals surface area (Å²) >= 11 is 30.1. The van der Waals surface area contributed by atoms with Crippen molar-refractivity contribution in [2.24, 2.45) is 0 Å². The average molecular weight is 431 g/mol. The van der Waals surface area contributed by atoms with E-state index in [-0.39, 0.29) is 0 Å². The standard InChI is InChI=1S/C9H7Br2Cl4N/c10-5-8(11,4-9(13,14)15)6-1-2-7(12)16-3-6/h1-3H,4-5H2. The zero-order valence-corrected chi connectivity index (χ0v) is 14.1. The topological polar surface area (TPSA) is 12.9 Å². The molecule has 1 aromatic heterocycles. The number of pyridine rings is 1. The molecule has 0 aliphatic heterocycles. The van der Waals surface area contributed by atoms with Crippen molar-refractivity contribution in [2.45, 2.75) is 14.5 Å². The maximum absolute atomic E-state index is 5.81. The van der Waals surface area contributed by atoms with E-state index in [0.29, 0.717) is 16.9 Å². The first-order valence-electron chi connectivity index (χ1n) is 4.20. The molecule has 0 saturated heterocycles. The van der Waals surface area contributed by atoms with E-state index in [0.717, 1.165) is 5.56 Å². The lowest BCUT2D eigenvalue weighted by molar-refractivity contribution is 0.658. The van der Waals surface area contributed by atoms with Gasteiger partial charge in [-0.15, -0.1) is 0 Å². The van der Waals surface area contributed by atoms with Gasteiger partial charge in [0.2, 0.25) is 0 Å². The van der Waals surface area contributed by atoms with Gasteiger partial charge in [0.25, 0.3) is 0 Å². The highest BCUT2D eigenvalue weighted by atomic mass is 79.9. The van der Waals surface area contributed by atoms with E-state index in [1.165, 1.54) is 0 Å². The van der Waals surface area contributed by atoms with Crippen molar-refractivity contribution in [3.8, 4) is 0 Å². The molecule has 0 bridgehead atoms. The van der Waals surface area contributed by atoms with Gasteiger partial charge >= 0.3 is 0 Å². The monoisotopic (exact) mass is 427 g/mol. The Balaban J connectivity index is 3.00. The molecule has 1 atom stereocenters. The van der Waals surface area contributed by atoms with Crippen LogP contribution in [0.1, 0.15) is 12.0 Å². The molecule has 1 nitrogen and oxygen atoms in total. The Morgan fingerprint density at radius 1 is 1.25 bits per heavy atom. The Morgan fingerprint density at radius 2 is 1.88 bits per heavy atom. The van der Waals surface area contributed by atoms with E-state index >= 15 is 0 Å². The van der Waals surface area contributed by atoms with Crippen LogP contribution in [0, 0.1) is 0 Å². The van der Waals surface area contributed by atoms with Crippen molar-refractivity contribution < 1.29 is 0 Å². The molecule has 0 N–H and O–H groups in total. The molecule has 0 fully saturated rings. The van der Waals surface area contributed by atoms with E-state index in [4.69, 9.17) is 46.4 Å². The molecule has 0 aliphatic rings. The molecule has 0 spiro atoms. The number of alkyl halides is 5. The van der Waals surface area contributed by atoms with Gasteiger partial charge in [0, 0.05) is 17.9 Å². The average Bonchev–Trinajstić information content (AvgIpc) is 2.16. The zero-order chi connectivity index (χ0) is 12.4. The van der Waals surface area contributed by atoms with Gasteiger partial charge in [0.05, 0.1) is 4.32 Å². The van der Waals surface area contributed by atoms with E-state index in [1.807, 2.05) is 6.07 Å². The van der Waals surface area contributed by atoms with Crippen LogP contribution in [0.5, 0.6) is 0 Å². The number of nitrogens with zero attached hydrogens (tertiary/aromatic N) is 1. The summed E-state index contributed by atoms with van der Waals surface area (Å²) in [5.41, 5.74) is 0.903. The first-order chi connectivity index (χ1) is 7.27. The number of hydrogen-bond donors (Lipinski definition) is 0. The van der Waals surface area contributed by atoms with E-state index in [9.17, 15) is 0 Å². The normalized spacial score (nSPS) is 15.9. The molecule has 90 valence electrons. The Kier molecular flexibility index (Phi) is 5.69. The van der Waals surface area contributed by atoms with E-state index in [2.05, 4.69) is 36.8 Å². The van der Waals surface area contributed by atoms with Crippen molar-refractivity contribution >= 4 is 78.3 Å². The van der Waals surface area contributed by atoms with Crippen LogP contribution in [-0.4, -0.2) is 14.1 Å². The minimum Gasteiger partial charge on any atom is -0.244 e. The van der Waals surface area contributed by atoms with Crippen molar-refractivity contribution in [1.82, 2.24) is 4.98 Å². The zero-order valence-electron chi connectivity index (χ0n) is 7.86. The third-order valence-corrected chi connectivity index (χ3v) is 5.29. The van der Waals surface area contributed by atoms with Gasteiger partial charge in [-0.25, -0.2) is 4.98 Å². The molecular formula is C9H7Br2Cl4N. The van der Waals surface area contributed by atoms with Gasteiger partial charge in [-0.1, -0.05) is 84.3 Å². The smallest absolute Gasteiger partial charge is 0.192 e. The second-order valence-corrected chi connectivity index (χ2v) is 8.24. The highest BCUT2D eigenvalue weighted by Gasteiger charge is 2.37. The van der Waals surface area contributed by atoms with Crippen LogP contribution in [0.2, 0.25) is 5.15 Å². The fourth-order valence-corrected chi connectivity index (χ4v) is 3.64. The van der Waals surface area contributed by atoms with Gasteiger partial charge in [-0.3, -0.25) is 0 Å². The fourth-order valence-electron chi connectivity index (χ4n) is 1.19. The summed E-state index contributed by atoms with van der Waals surface area (Å²) in [5, 5.41) is 1.03. The Hall–Kier alpha value is 1.27. The summed E-state index contributed by atoms with van der Waals surface area (Å²) in [5.74, 6) is 0. The summed E-state index contributed by atoms with van der Waals surface area (Å²) in [7, 11) is 0. The van der Waals surface area contributed by atoms with Crippen molar-refractivity contribution in [3.63, 3.8) is 0 Å². The molecule has 1 aromatic rings. The largest absolute Gasteiger partial charge is 0.244 e. The van der Waals surface area contributed by atoms with Crippen molar-refractivity contribution in [3.05, 3.63) is 29.0 Å². The predicted octanol–water partition coefficient (Wildman–Crippen LogP) is 5.48. The molecule has 1 rings (SSSR count). The first kappa shape index (κ1) is 15.3. The molecule has 7 heteroatoms. The summed E-state index contributed by atoms with van der Waals surface area (Å²) in [6.07, 6.45) is 1.98. The first-order valence-corrected chi connectivity index (χ1v) is 7.63. The Bertz CT molecular complexity index is 352. The molecule has 0 radical (unpaired) electrons. The number of halogens is 6. The molecule has 1 unspecified atom stereocenters. The molecule has 0 aliphatic carbocycles. The number of rotatable bonds is 3. The van der Waals surface area contributed by atoms with Gasteiger partial charge in [-0.2, -0.15) is 0 Å². The van der Waals surface area contributed by atoms with Crippen LogP contribution in [0.25, 0.3) is 0 Å². The van der Waals surface area contributed by atoms with Crippen LogP contribution in [0.4, 0.5) is 0 Å². The lowest BCUT2D eigenvalue weighted by Crippen LogP contribution is -2.26. The molecule has 0 amide bonds. The lowest BCUT2D eigenvalue weighted by atomic mass is 10.0. The minimum absolute atomic E-state index is 0.319. The van der Waals surface area contributed by atoms with E-state index in [1.54, 1.807) is 12.3 Å². The Morgan fingerprint density at radius 3 is 2.25 bits per heavy atom. The predicted molar refractivity (Wildman–Crippen MR) is 78.6 cm³/mol. The summed E-state index contributed by atoms with van der Waals surface area (Å²) in [6, 6.07) is 3.55. The quantitative estimate of drug-likeness (QED) is 0.457. The van der Waals surface area contributed by atoms with Crippen LogP contribution in [0.15, 0.2) is 18.3 Å². The third-order valence-electron chi connectivity index (χ3n) is 1.94. The highest BCUT2D eigenvalue weighted by molar-refractivity contribution is 9.12. The number of aromatic nitrogens is 1. The van der Waals surface area contributed by atoms with Crippen molar-refractivity contribution in [1.29, 1.82) is 0 Å². The van der Waals surface area contributed by atoms with Gasteiger partial charge in [-0.05, 0) is 11.6 Å². The molecular weight excluding hydrogens is 424 g/mol. The van der Waals surface area contributed by atoms with Crippen LogP contribution in [-0.2, 0) is 4.32 Å². The van der Waals surface area contributed by atoms with Gasteiger partial charge in [0.15, 0.2) is 3.79 Å². The second-order valence-electron chi connectivity index (χ2n) is 3.26. The second kappa shape index (κ2) is 5.94. The third kappa shape index (κ3) is 4.51. The molecule has 0 aromatic carbocycles. The van der Waals surface area contributed by atoms with Gasteiger partial charge in [0.1, 0.15) is 5.15 Å². The maximum atomic E-state index is 5.81. The van der Waals surface area contributed by atoms with E-state index < -0.39 is 8.12 Å². The molecule has 1 heterocycles. The summed E-state index contributed by atoms with van der Waals surface area (Å²) in [6.45, 7) is 0. The van der Waals surface area contributed by atoms with Gasteiger partial charge < -0.3 is 0 Å². The SMILES string of the molecule is Clc1ccc(C(Br)(CBr)CC(Cl)(Cl)Cl)cn1.